The summed E-state index contributed by atoms with van der Waals surface area (Å²) in [5.74, 6) is 1.36. The first-order chi connectivity index (χ1) is 18.7. The number of ether oxygens (including phenoxy) is 3. The summed E-state index contributed by atoms with van der Waals surface area (Å²) in [5, 5.41) is 1.18. The van der Waals surface area contributed by atoms with Crippen LogP contribution in [0.5, 0.6) is 11.5 Å². The number of fused-ring (bicyclic) bond motifs is 1. The van der Waals surface area contributed by atoms with E-state index in [2.05, 4.69) is 61.4 Å². The lowest BCUT2D eigenvalue weighted by atomic mass is 9.96. The molecule has 0 bridgehead atoms. The van der Waals surface area contributed by atoms with Crippen LogP contribution in [-0.4, -0.2) is 30.9 Å². The van der Waals surface area contributed by atoms with Crippen LogP contribution < -0.4 is 9.47 Å². The number of esters is 1. The average Bonchev–Trinajstić information content (AvgIpc) is 3.28. The second-order valence-electron chi connectivity index (χ2n) is 11.4. The van der Waals surface area contributed by atoms with Crippen LogP contribution in [0, 0.1) is 5.41 Å². The molecule has 0 saturated carbocycles. The number of benzene rings is 2. The Morgan fingerprint density at radius 3 is 2.38 bits per heavy atom. The summed E-state index contributed by atoms with van der Waals surface area (Å²) in [4.78, 5) is 11.8. The largest absolute Gasteiger partial charge is 0.496 e. The minimum Gasteiger partial charge on any atom is -0.496 e. The number of rotatable bonds is 16. The minimum atomic E-state index is -0.369. The van der Waals surface area contributed by atoms with E-state index in [1.165, 1.54) is 48.7 Å². The quantitative estimate of drug-likeness (QED) is 0.105. The maximum absolute atomic E-state index is 11.8. The highest BCUT2D eigenvalue weighted by Gasteiger charge is 2.22. The lowest BCUT2D eigenvalue weighted by molar-refractivity contribution is -0.142. The monoisotopic (exact) mass is 533 g/mol. The summed E-state index contributed by atoms with van der Waals surface area (Å²) in [7, 11) is 1.76. The van der Waals surface area contributed by atoms with Gasteiger partial charge in [0.1, 0.15) is 11.5 Å². The molecule has 0 amide bonds. The van der Waals surface area contributed by atoms with Crippen molar-refractivity contribution in [2.45, 2.75) is 86.1 Å². The van der Waals surface area contributed by atoms with Gasteiger partial charge in [0.05, 0.1) is 31.5 Å². The molecule has 0 aliphatic carbocycles. The van der Waals surface area contributed by atoms with Gasteiger partial charge in [-0.05, 0) is 62.1 Å². The summed E-state index contributed by atoms with van der Waals surface area (Å²) >= 11 is 0. The van der Waals surface area contributed by atoms with Gasteiger partial charge in [0.2, 0.25) is 0 Å². The van der Waals surface area contributed by atoms with E-state index in [9.17, 15) is 4.79 Å². The van der Waals surface area contributed by atoms with Gasteiger partial charge in [0.25, 0.3) is 0 Å². The zero-order valence-corrected chi connectivity index (χ0v) is 24.9. The van der Waals surface area contributed by atoms with E-state index in [-0.39, 0.29) is 18.0 Å². The molecule has 39 heavy (non-hydrogen) atoms. The number of aryl methyl sites for hydroxylation is 2. The van der Waals surface area contributed by atoms with Crippen LogP contribution in [0.25, 0.3) is 22.2 Å². The van der Waals surface area contributed by atoms with Crippen LogP contribution in [0.1, 0.15) is 78.7 Å². The van der Waals surface area contributed by atoms with E-state index in [1.807, 2.05) is 19.9 Å². The first-order valence-corrected chi connectivity index (χ1v) is 14.4. The van der Waals surface area contributed by atoms with E-state index in [0.717, 1.165) is 42.0 Å². The van der Waals surface area contributed by atoms with Gasteiger partial charge in [-0.1, -0.05) is 66.0 Å². The molecule has 1 heterocycles. The zero-order chi connectivity index (χ0) is 28.4. The highest BCUT2D eigenvalue weighted by molar-refractivity contribution is 5.89. The van der Waals surface area contributed by atoms with Crippen molar-refractivity contribution in [2.24, 2.45) is 5.41 Å². The third kappa shape index (κ3) is 8.39. The Balaban J connectivity index is 1.89. The Morgan fingerprint density at radius 1 is 0.949 bits per heavy atom. The maximum atomic E-state index is 11.8. The fraction of sp³-hybridized carbons (Fsp3) is 0.500. The number of unbranched alkanes of at least 4 members (excludes halogenated alkanes) is 4. The van der Waals surface area contributed by atoms with E-state index in [4.69, 9.17) is 14.2 Å². The molecule has 1 aromatic heterocycles. The number of nitrogens with zero attached hydrogens (tertiary/aromatic N) is 1. The number of hydrogen-bond acceptors (Lipinski definition) is 4. The second kappa shape index (κ2) is 14.3. The molecule has 0 aliphatic heterocycles. The molecule has 0 N–H and O–H groups in total. The van der Waals surface area contributed by atoms with Crippen LogP contribution in [0.15, 0.2) is 54.6 Å². The molecule has 0 atom stereocenters. The number of hydrogen-bond donors (Lipinski definition) is 0. The molecule has 0 radical (unpaired) electrons. The van der Waals surface area contributed by atoms with Gasteiger partial charge in [-0.3, -0.25) is 0 Å². The lowest BCUT2D eigenvalue weighted by Crippen LogP contribution is -2.28. The van der Waals surface area contributed by atoms with Crippen molar-refractivity contribution in [3.63, 3.8) is 0 Å². The Bertz CT molecular complexity index is 1250. The number of carbonyl (C=O) groups excluding carboxylic acids is 1. The van der Waals surface area contributed by atoms with Crippen molar-refractivity contribution in [1.29, 1.82) is 0 Å². The minimum absolute atomic E-state index is 0.271. The molecule has 0 saturated heterocycles. The fourth-order valence-electron chi connectivity index (χ4n) is 4.69. The predicted octanol–water partition coefficient (Wildman–Crippen LogP) is 8.76. The molecule has 3 aromatic rings. The number of aromatic nitrogens is 1. The van der Waals surface area contributed by atoms with Crippen molar-refractivity contribution in [3.05, 3.63) is 60.2 Å². The van der Waals surface area contributed by atoms with Gasteiger partial charge in [-0.15, -0.1) is 0 Å². The molecular formula is C34H47NO4. The van der Waals surface area contributed by atoms with Gasteiger partial charge in [0, 0.05) is 34.5 Å². The molecule has 0 spiro atoms. The van der Waals surface area contributed by atoms with E-state index < -0.39 is 0 Å². The van der Waals surface area contributed by atoms with Crippen LogP contribution >= 0.6 is 0 Å². The highest BCUT2D eigenvalue weighted by atomic mass is 16.5. The van der Waals surface area contributed by atoms with E-state index in [0.29, 0.717) is 12.2 Å². The van der Waals surface area contributed by atoms with Crippen LogP contribution in [0.2, 0.25) is 0 Å². The third-order valence-electron chi connectivity index (χ3n) is 7.04. The summed E-state index contributed by atoms with van der Waals surface area (Å²) in [6.07, 6.45) is 8.20. The Morgan fingerprint density at radius 2 is 1.69 bits per heavy atom. The van der Waals surface area contributed by atoms with E-state index >= 15 is 0 Å². The van der Waals surface area contributed by atoms with Crippen molar-refractivity contribution in [1.82, 2.24) is 4.57 Å². The normalized spacial score (nSPS) is 11.5. The van der Waals surface area contributed by atoms with Crippen molar-refractivity contribution >= 4 is 16.9 Å². The average molecular weight is 534 g/mol. The third-order valence-corrected chi connectivity index (χ3v) is 7.04. The standard InChI is InChI=1S/C34H47NO4/c1-8-10-12-14-26-15-18-29(32(20-26)37-7)31-21-27-16-17-28(22-30(27)35(31)19-13-11-9-2)38-23-34(5,6)24-39-33(36)25(3)4/h15-18,20-22H,3,8-14,19,23-24H2,1-2,4-7H3. The Hall–Kier alpha value is -3.21. The smallest absolute Gasteiger partial charge is 0.333 e. The lowest BCUT2D eigenvalue weighted by Gasteiger charge is -2.24. The molecule has 0 unspecified atom stereocenters. The zero-order valence-electron chi connectivity index (χ0n) is 24.9. The molecule has 212 valence electrons. The molecule has 0 fully saturated rings. The summed E-state index contributed by atoms with van der Waals surface area (Å²) in [6, 6.07) is 15.2. The molecule has 2 aromatic carbocycles. The molecular weight excluding hydrogens is 486 g/mol. The number of carbonyl (C=O) groups is 1. The first-order valence-electron chi connectivity index (χ1n) is 14.4. The molecule has 3 rings (SSSR count). The van der Waals surface area contributed by atoms with Crippen molar-refractivity contribution in [3.8, 4) is 22.8 Å². The van der Waals surface area contributed by atoms with Crippen LogP contribution in [0.3, 0.4) is 0 Å². The Labute approximate surface area is 235 Å². The first kappa shape index (κ1) is 30.3. The van der Waals surface area contributed by atoms with Crippen LogP contribution in [-0.2, 0) is 22.5 Å². The number of methoxy groups -OCH3 is 1. The van der Waals surface area contributed by atoms with Crippen molar-refractivity contribution < 1.29 is 19.0 Å². The van der Waals surface area contributed by atoms with E-state index in [1.54, 1.807) is 14.0 Å². The van der Waals surface area contributed by atoms with Crippen LogP contribution in [0.4, 0.5) is 0 Å². The van der Waals surface area contributed by atoms with Gasteiger partial charge >= 0.3 is 5.97 Å². The highest BCUT2D eigenvalue weighted by Crippen LogP contribution is 2.37. The maximum Gasteiger partial charge on any atom is 0.333 e. The topological polar surface area (TPSA) is 49.7 Å². The van der Waals surface area contributed by atoms with Crippen molar-refractivity contribution in [2.75, 3.05) is 20.3 Å². The predicted molar refractivity (Wildman–Crippen MR) is 162 cm³/mol. The van der Waals surface area contributed by atoms with Gasteiger partial charge in [-0.2, -0.15) is 0 Å². The van der Waals surface area contributed by atoms with Gasteiger partial charge in [0.15, 0.2) is 0 Å². The molecule has 5 heteroatoms. The Kier molecular flexibility index (Phi) is 11.1. The molecule has 5 nitrogen and oxygen atoms in total. The van der Waals surface area contributed by atoms with Gasteiger partial charge in [-0.25, -0.2) is 4.79 Å². The summed E-state index contributed by atoms with van der Waals surface area (Å²) in [6.45, 7) is 15.5. The SMILES string of the molecule is C=C(C)C(=O)OCC(C)(C)COc1ccc2cc(-c3ccc(CCCCC)cc3OC)n(CCCCC)c2c1. The summed E-state index contributed by atoms with van der Waals surface area (Å²) < 4.78 is 19.9. The summed E-state index contributed by atoms with van der Waals surface area (Å²) in [5.41, 5.74) is 4.83. The molecule has 0 aliphatic rings. The van der Waals surface area contributed by atoms with Gasteiger partial charge < -0.3 is 18.8 Å². The second-order valence-corrected chi connectivity index (χ2v) is 11.4. The fourth-order valence-corrected chi connectivity index (χ4v) is 4.69.